The van der Waals surface area contributed by atoms with Crippen molar-refractivity contribution >= 4 is 11.9 Å². The maximum atomic E-state index is 12.8. The molecule has 1 aliphatic rings. The van der Waals surface area contributed by atoms with Crippen LogP contribution in [0, 0.1) is 0 Å². The van der Waals surface area contributed by atoms with Crippen molar-refractivity contribution in [1.82, 2.24) is 0 Å². The number of aryl methyl sites for hydroxylation is 1. The molecule has 0 spiro atoms. The van der Waals surface area contributed by atoms with E-state index in [2.05, 4.69) is 0 Å². The standard InChI is InChI=1S/C35H34O8/c1-42-33-20-31(40)34(35(41)29(33)16-17-30(39)22-5-11-26(37)12-6-22)24-18-28(15-4-21-2-9-25(36)10-3-21)43-32(19-24)23-7-13-27(38)14-8-23/h2-3,5-14,16-17,20,24,28,32,36-38,40-41H,4,15,18-19H2,1H3/b17-16+/t24-,28+,32+/m1/s1. The van der Waals surface area contributed by atoms with Crippen molar-refractivity contribution in [3.63, 3.8) is 0 Å². The SMILES string of the molecule is COc1cc(O)c([C@@H]2C[C@H](CCc3ccc(O)cc3)O[C@H](c3ccc(O)cc3)C2)c(O)c1/C=C/C(=O)c1ccc(O)cc1. The van der Waals surface area contributed by atoms with Crippen molar-refractivity contribution in [2.24, 2.45) is 0 Å². The second-order valence-corrected chi connectivity index (χ2v) is 10.7. The highest BCUT2D eigenvalue weighted by molar-refractivity contribution is 6.07. The number of carbonyl (C=O) groups excluding carboxylic acids is 1. The largest absolute Gasteiger partial charge is 0.508 e. The van der Waals surface area contributed by atoms with E-state index in [1.54, 1.807) is 36.4 Å². The number of phenolic OH excluding ortho intramolecular Hbond substituents is 5. The van der Waals surface area contributed by atoms with Gasteiger partial charge in [0.05, 0.1) is 24.9 Å². The van der Waals surface area contributed by atoms with Gasteiger partial charge in [0.1, 0.15) is 34.5 Å². The van der Waals surface area contributed by atoms with Crippen molar-refractivity contribution in [1.29, 1.82) is 0 Å². The number of ketones is 1. The second kappa shape index (κ2) is 12.9. The van der Waals surface area contributed by atoms with Crippen molar-refractivity contribution in [2.45, 2.75) is 43.8 Å². The molecule has 0 unspecified atom stereocenters. The molecule has 0 radical (unpaired) electrons. The van der Waals surface area contributed by atoms with Crippen LogP contribution in [0.1, 0.15) is 63.9 Å². The first kappa shape index (κ1) is 29.5. The zero-order valence-electron chi connectivity index (χ0n) is 23.7. The Kier molecular flexibility index (Phi) is 8.87. The van der Waals surface area contributed by atoms with E-state index in [0.717, 1.165) is 11.1 Å². The van der Waals surface area contributed by atoms with Gasteiger partial charge in [-0.3, -0.25) is 4.79 Å². The van der Waals surface area contributed by atoms with Crippen LogP contribution in [-0.4, -0.2) is 44.5 Å². The van der Waals surface area contributed by atoms with Crippen molar-refractivity contribution in [3.05, 3.63) is 113 Å². The number of carbonyl (C=O) groups is 1. The number of allylic oxidation sites excluding steroid dienone is 1. The number of aromatic hydroxyl groups is 5. The summed E-state index contributed by atoms with van der Waals surface area (Å²) in [7, 11) is 1.42. The summed E-state index contributed by atoms with van der Waals surface area (Å²) < 4.78 is 11.9. The Labute approximate surface area is 249 Å². The average molecular weight is 583 g/mol. The predicted molar refractivity (Wildman–Crippen MR) is 162 cm³/mol. The fourth-order valence-corrected chi connectivity index (χ4v) is 5.61. The van der Waals surface area contributed by atoms with E-state index in [1.807, 2.05) is 12.1 Å². The number of benzene rings is 4. The van der Waals surface area contributed by atoms with Gasteiger partial charge in [-0.05, 0) is 103 Å². The molecule has 0 aliphatic carbocycles. The smallest absolute Gasteiger partial charge is 0.185 e. The fourth-order valence-electron chi connectivity index (χ4n) is 5.61. The van der Waals surface area contributed by atoms with E-state index in [1.165, 1.54) is 49.6 Å². The molecule has 0 amide bonds. The van der Waals surface area contributed by atoms with Crippen molar-refractivity contribution in [3.8, 4) is 34.5 Å². The predicted octanol–water partition coefficient (Wildman–Crippen LogP) is 6.76. The Hall–Kier alpha value is -4.95. The summed E-state index contributed by atoms with van der Waals surface area (Å²) in [6, 6.07) is 21.1. The molecule has 4 aromatic carbocycles. The minimum absolute atomic E-state index is 0.0476. The lowest BCUT2D eigenvalue weighted by atomic mass is 9.81. The van der Waals surface area contributed by atoms with Gasteiger partial charge in [0.25, 0.3) is 0 Å². The Morgan fingerprint density at radius 3 is 2.09 bits per heavy atom. The number of phenols is 5. The number of ether oxygens (including phenoxy) is 2. The van der Waals surface area contributed by atoms with Crippen LogP contribution < -0.4 is 4.74 Å². The van der Waals surface area contributed by atoms with Gasteiger partial charge in [0, 0.05) is 17.2 Å². The Morgan fingerprint density at radius 2 is 1.47 bits per heavy atom. The van der Waals surface area contributed by atoms with Crippen LogP contribution in [0.5, 0.6) is 34.5 Å². The summed E-state index contributed by atoms with van der Waals surface area (Å²) in [4.78, 5) is 12.8. The topological polar surface area (TPSA) is 137 Å². The van der Waals surface area contributed by atoms with Crippen LogP contribution in [0.4, 0.5) is 0 Å². The van der Waals surface area contributed by atoms with Gasteiger partial charge in [-0.15, -0.1) is 0 Å². The first-order valence-corrected chi connectivity index (χ1v) is 14.1. The van der Waals surface area contributed by atoms with E-state index in [9.17, 15) is 30.3 Å². The van der Waals surface area contributed by atoms with Gasteiger partial charge in [-0.2, -0.15) is 0 Å². The molecule has 0 bridgehead atoms. The zero-order valence-corrected chi connectivity index (χ0v) is 23.7. The van der Waals surface area contributed by atoms with E-state index in [-0.39, 0.29) is 64.0 Å². The second-order valence-electron chi connectivity index (χ2n) is 10.7. The molecule has 3 atom stereocenters. The third-order valence-electron chi connectivity index (χ3n) is 7.86. The van der Waals surface area contributed by atoms with Gasteiger partial charge in [-0.25, -0.2) is 0 Å². The van der Waals surface area contributed by atoms with Crippen molar-refractivity contribution < 1.29 is 39.8 Å². The van der Waals surface area contributed by atoms with Crippen LogP contribution >= 0.6 is 0 Å². The summed E-state index contributed by atoms with van der Waals surface area (Å²) in [5.41, 5.74) is 2.88. The van der Waals surface area contributed by atoms with Crippen LogP contribution in [0.15, 0.2) is 84.9 Å². The zero-order chi connectivity index (χ0) is 30.5. The lowest BCUT2D eigenvalue weighted by molar-refractivity contribution is -0.0632. The van der Waals surface area contributed by atoms with Gasteiger partial charge >= 0.3 is 0 Å². The Morgan fingerprint density at radius 1 is 0.860 bits per heavy atom. The van der Waals surface area contributed by atoms with E-state index in [4.69, 9.17) is 9.47 Å². The van der Waals surface area contributed by atoms with Gasteiger partial charge in [0.15, 0.2) is 5.78 Å². The van der Waals surface area contributed by atoms with Gasteiger partial charge < -0.3 is 35.0 Å². The maximum Gasteiger partial charge on any atom is 0.185 e. The monoisotopic (exact) mass is 582 g/mol. The molecule has 1 heterocycles. The first-order valence-electron chi connectivity index (χ1n) is 14.1. The summed E-state index contributed by atoms with van der Waals surface area (Å²) in [5.74, 6) is -0.336. The number of hydrogen-bond donors (Lipinski definition) is 5. The summed E-state index contributed by atoms with van der Waals surface area (Å²) in [6.07, 6.45) is 4.55. The van der Waals surface area contributed by atoms with Crippen LogP contribution in [-0.2, 0) is 11.2 Å². The summed E-state index contributed by atoms with van der Waals surface area (Å²) in [5, 5.41) is 51.6. The minimum Gasteiger partial charge on any atom is -0.508 e. The van der Waals surface area contributed by atoms with E-state index < -0.39 is 0 Å². The molecule has 0 saturated carbocycles. The van der Waals surface area contributed by atoms with Gasteiger partial charge in [-0.1, -0.05) is 24.3 Å². The van der Waals surface area contributed by atoms with E-state index in [0.29, 0.717) is 36.8 Å². The van der Waals surface area contributed by atoms with Crippen molar-refractivity contribution in [2.75, 3.05) is 7.11 Å². The van der Waals surface area contributed by atoms with Crippen LogP contribution in [0.2, 0.25) is 0 Å². The average Bonchev–Trinajstić information content (AvgIpc) is 3.00. The number of rotatable bonds is 9. The molecular weight excluding hydrogens is 548 g/mol. The molecule has 0 aromatic heterocycles. The highest BCUT2D eigenvalue weighted by Gasteiger charge is 2.35. The molecule has 43 heavy (non-hydrogen) atoms. The van der Waals surface area contributed by atoms with E-state index >= 15 is 0 Å². The molecular formula is C35H34O8. The van der Waals surface area contributed by atoms with Crippen LogP contribution in [0.3, 0.4) is 0 Å². The molecule has 1 aliphatic heterocycles. The Balaban J connectivity index is 1.46. The third kappa shape index (κ3) is 6.93. The molecule has 8 heteroatoms. The quantitative estimate of drug-likeness (QED) is 0.108. The maximum absolute atomic E-state index is 12.8. The molecule has 8 nitrogen and oxygen atoms in total. The molecule has 1 saturated heterocycles. The Bertz CT molecular complexity index is 1590. The highest BCUT2D eigenvalue weighted by atomic mass is 16.5. The van der Waals surface area contributed by atoms with Gasteiger partial charge in [0.2, 0.25) is 0 Å². The molecule has 222 valence electrons. The summed E-state index contributed by atoms with van der Waals surface area (Å²) in [6.45, 7) is 0. The third-order valence-corrected chi connectivity index (χ3v) is 7.86. The molecule has 5 N–H and O–H groups in total. The lowest BCUT2D eigenvalue weighted by Gasteiger charge is -2.37. The molecule has 1 fully saturated rings. The molecule has 4 aromatic rings. The normalized spacial score (nSPS) is 18.5. The number of hydrogen-bond acceptors (Lipinski definition) is 8. The summed E-state index contributed by atoms with van der Waals surface area (Å²) >= 11 is 0. The highest BCUT2D eigenvalue weighted by Crippen LogP contribution is 2.50. The van der Waals surface area contributed by atoms with Crippen LogP contribution in [0.25, 0.3) is 6.08 Å². The molecule has 5 rings (SSSR count). The fraction of sp³-hybridized carbons (Fsp3) is 0.229. The first-order chi connectivity index (χ1) is 20.7. The lowest BCUT2D eigenvalue weighted by Crippen LogP contribution is -2.28. The minimum atomic E-state index is -0.361. The number of methoxy groups -OCH3 is 1.